The zero-order valence-electron chi connectivity index (χ0n) is 17.4. The minimum atomic E-state index is -0.706. The first-order chi connectivity index (χ1) is 15.5. The molecular weight excluding hydrogens is 451 g/mol. The maximum atomic E-state index is 10.1. The Morgan fingerprint density at radius 2 is 1.00 bits per heavy atom. The summed E-state index contributed by atoms with van der Waals surface area (Å²) in [5, 5.41) is 27.6. The number of para-hydroxylation sites is 2. The highest BCUT2D eigenvalue weighted by Crippen LogP contribution is 2.22. The number of ether oxygens (including phenoxy) is 2. The van der Waals surface area contributed by atoms with Crippen LogP contribution in [0.2, 0.25) is 10.0 Å². The van der Waals surface area contributed by atoms with E-state index in [2.05, 4.69) is 10.6 Å². The van der Waals surface area contributed by atoms with Crippen LogP contribution in [0.15, 0.2) is 72.8 Å². The van der Waals surface area contributed by atoms with Crippen LogP contribution in [0, 0.1) is 0 Å². The molecule has 0 bridgehead atoms. The van der Waals surface area contributed by atoms with Gasteiger partial charge in [0.15, 0.2) is 0 Å². The van der Waals surface area contributed by atoms with Crippen molar-refractivity contribution in [1.82, 2.24) is 0 Å². The highest BCUT2D eigenvalue weighted by atomic mass is 35.5. The highest BCUT2D eigenvalue weighted by Gasteiger charge is 2.09. The molecule has 0 aliphatic rings. The third kappa shape index (κ3) is 7.80. The quantitative estimate of drug-likeness (QED) is 0.303. The van der Waals surface area contributed by atoms with Crippen molar-refractivity contribution < 1.29 is 19.7 Å². The second kappa shape index (κ2) is 12.4. The number of aliphatic hydroxyl groups is 2. The molecule has 0 amide bonds. The molecule has 0 spiro atoms. The first-order valence-corrected chi connectivity index (χ1v) is 11.0. The molecule has 3 aromatic rings. The van der Waals surface area contributed by atoms with Crippen LogP contribution in [0.25, 0.3) is 0 Å². The average molecular weight is 477 g/mol. The second-order valence-electron chi connectivity index (χ2n) is 7.12. The van der Waals surface area contributed by atoms with E-state index < -0.39 is 12.2 Å². The van der Waals surface area contributed by atoms with E-state index in [9.17, 15) is 10.2 Å². The molecule has 0 fully saturated rings. The van der Waals surface area contributed by atoms with Gasteiger partial charge in [-0.3, -0.25) is 0 Å². The minimum absolute atomic E-state index is 0.129. The first kappa shape index (κ1) is 24.0. The van der Waals surface area contributed by atoms with Crippen molar-refractivity contribution in [3.05, 3.63) is 82.8 Å². The van der Waals surface area contributed by atoms with Crippen LogP contribution in [-0.4, -0.2) is 48.7 Å². The highest BCUT2D eigenvalue weighted by molar-refractivity contribution is 6.33. The zero-order valence-corrected chi connectivity index (χ0v) is 18.9. The van der Waals surface area contributed by atoms with E-state index in [0.29, 0.717) is 34.6 Å². The van der Waals surface area contributed by atoms with Crippen LogP contribution in [0.3, 0.4) is 0 Å². The summed E-state index contributed by atoms with van der Waals surface area (Å²) in [6, 6.07) is 21.7. The summed E-state index contributed by atoms with van der Waals surface area (Å²) in [7, 11) is 0. The van der Waals surface area contributed by atoms with Crippen molar-refractivity contribution in [2.75, 3.05) is 36.9 Å². The molecule has 3 aromatic carbocycles. The maximum absolute atomic E-state index is 10.1. The Morgan fingerprint density at radius 3 is 1.38 bits per heavy atom. The number of aliphatic hydroxyl groups excluding tert-OH is 2. The number of halogens is 2. The van der Waals surface area contributed by atoms with Gasteiger partial charge in [0.05, 0.1) is 21.4 Å². The molecule has 0 radical (unpaired) electrons. The molecule has 0 aromatic heterocycles. The third-order valence-corrected chi connectivity index (χ3v) is 5.17. The fourth-order valence-corrected chi connectivity index (χ4v) is 3.20. The van der Waals surface area contributed by atoms with E-state index in [1.54, 1.807) is 36.4 Å². The predicted octanol–water partition coefficient (Wildman–Crippen LogP) is 4.70. The van der Waals surface area contributed by atoms with Gasteiger partial charge in [0.1, 0.15) is 36.9 Å². The molecule has 0 aliphatic heterocycles. The number of benzene rings is 3. The van der Waals surface area contributed by atoms with Gasteiger partial charge in [0.2, 0.25) is 0 Å². The smallest absolute Gasteiger partial charge is 0.119 e. The molecule has 32 heavy (non-hydrogen) atoms. The number of hydrogen-bond acceptors (Lipinski definition) is 6. The van der Waals surface area contributed by atoms with Gasteiger partial charge in [0.25, 0.3) is 0 Å². The van der Waals surface area contributed by atoms with Crippen molar-refractivity contribution in [3.8, 4) is 11.5 Å². The fraction of sp³-hybridized carbons (Fsp3) is 0.250. The van der Waals surface area contributed by atoms with Crippen molar-refractivity contribution in [1.29, 1.82) is 0 Å². The maximum Gasteiger partial charge on any atom is 0.119 e. The standard InChI is InChI=1S/C24H26Cl2N2O4/c25-21-5-1-3-7-23(21)27-13-17(29)15-31-19-9-11-20(12-10-19)32-16-18(30)14-28-24-8-4-2-6-22(24)26/h1-12,17-18,27-30H,13-16H2/t17-,18-/m0/s1. The molecule has 0 saturated carbocycles. The molecule has 8 heteroatoms. The Morgan fingerprint density at radius 1 is 0.625 bits per heavy atom. The van der Waals surface area contributed by atoms with Crippen LogP contribution in [0.1, 0.15) is 0 Å². The van der Waals surface area contributed by atoms with E-state index in [0.717, 1.165) is 11.4 Å². The van der Waals surface area contributed by atoms with E-state index in [1.165, 1.54) is 0 Å². The Kier molecular flexibility index (Phi) is 9.31. The molecule has 6 nitrogen and oxygen atoms in total. The number of anilines is 2. The van der Waals surface area contributed by atoms with E-state index in [-0.39, 0.29) is 13.2 Å². The van der Waals surface area contributed by atoms with Crippen LogP contribution in [0.4, 0.5) is 11.4 Å². The third-order valence-electron chi connectivity index (χ3n) is 4.51. The van der Waals surface area contributed by atoms with Gasteiger partial charge in [-0.05, 0) is 48.5 Å². The lowest BCUT2D eigenvalue weighted by atomic mass is 10.3. The molecule has 170 valence electrons. The largest absolute Gasteiger partial charge is 0.491 e. The lowest BCUT2D eigenvalue weighted by Gasteiger charge is -2.16. The first-order valence-electron chi connectivity index (χ1n) is 10.2. The number of hydrogen-bond donors (Lipinski definition) is 4. The molecule has 0 aliphatic carbocycles. The molecule has 0 saturated heterocycles. The lowest BCUT2D eigenvalue weighted by molar-refractivity contribution is 0.115. The van der Waals surface area contributed by atoms with Crippen LogP contribution in [-0.2, 0) is 0 Å². The average Bonchev–Trinajstić information content (AvgIpc) is 2.81. The lowest BCUT2D eigenvalue weighted by Crippen LogP contribution is -2.26. The molecule has 2 atom stereocenters. The Hall–Kier alpha value is -2.64. The van der Waals surface area contributed by atoms with Gasteiger partial charge in [-0.15, -0.1) is 0 Å². The second-order valence-corrected chi connectivity index (χ2v) is 7.94. The van der Waals surface area contributed by atoms with Gasteiger partial charge in [0, 0.05) is 13.1 Å². The summed E-state index contributed by atoms with van der Waals surface area (Å²) in [4.78, 5) is 0. The van der Waals surface area contributed by atoms with E-state index >= 15 is 0 Å². The van der Waals surface area contributed by atoms with Gasteiger partial charge >= 0.3 is 0 Å². The van der Waals surface area contributed by atoms with Gasteiger partial charge < -0.3 is 30.3 Å². The zero-order chi connectivity index (χ0) is 22.8. The number of rotatable bonds is 12. The normalized spacial score (nSPS) is 12.6. The minimum Gasteiger partial charge on any atom is -0.491 e. The SMILES string of the molecule is O[C@@H](CNc1ccccc1Cl)COc1ccc(OC[C@@H](O)CNc2ccccc2Cl)cc1. The van der Waals surface area contributed by atoms with Crippen molar-refractivity contribution in [2.24, 2.45) is 0 Å². The molecule has 0 heterocycles. The van der Waals surface area contributed by atoms with Crippen molar-refractivity contribution >= 4 is 34.6 Å². The number of nitrogens with one attached hydrogen (secondary N) is 2. The Balaban J connectivity index is 1.35. The van der Waals surface area contributed by atoms with Crippen molar-refractivity contribution in [2.45, 2.75) is 12.2 Å². The summed E-state index contributed by atoms with van der Waals surface area (Å²) in [5.74, 6) is 1.21. The predicted molar refractivity (Wildman–Crippen MR) is 129 cm³/mol. The van der Waals surface area contributed by atoms with Crippen LogP contribution < -0.4 is 20.1 Å². The van der Waals surface area contributed by atoms with Gasteiger partial charge in [-0.2, -0.15) is 0 Å². The Bertz CT molecular complexity index is 894. The summed E-state index contributed by atoms with van der Waals surface area (Å²) in [6.07, 6.45) is -1.41. The molecule has 0 unspecified atom stereocenters. The summed E-state index contributed by atoms with van der Waals surface area (Å²) in [5.41, 5.74) is 1.53. The Labute approximate surface area is 197 Å². The van der Waals surface area contributed by atoms with E-state index in [4.69, 9.17) is 32.7 Å². The van der Waals surface area contributed by atoms with Gasteiger partial charge in [-0.25, -0.2) is 0 Å². The monoisotopic (exact) mass is 476 g/mol. The van der Waals surface area contributed by atoms with Crippen molar-refractivity contribution in [3.63, 3.8) is 0 Å². The summed E-state index contributed by atoms with van der Waals surface area (Å²) in [6.45, 7) is 0.879. The molecular formula is C24H26Cl2N2O4. The fourth-order valence-electron chi connectivity index (χ4n) is 2.80. The van der Waals surface area contributed by atoms with Gasteiger partial charge in [-0.1, -0.05) is 47.5 Å². The van der Waals surface area contributed by atoms with Crippen LogP contribution >= 0.6 is 23.2 Å². The topological polar surface area (TPSA) is 83.0 Å². The molecule has 4 N–H and O–H groups in total. The summed E-state index contributed by atoms with van der Waals surface area (Å²) >= 11 is 12.2. The molecule has 3 rings (SSSR count). The summed E-state index contributed by atoms with van der Waals surface area (Å²) < 4.78 is 11.2. The van der Waals surface area contributed by atoms with Crippen LogP contribution in [0.5, 0.6) is 11.5 Å². The van der Waals surface area contributed by atoms with E-state index in [1.807, 2.05) is 36.4 Å².